The predicted molar refractivity (Wildman–Crippen MR) is 100 cm³/mol. The van der Waals surface area contributed by atoms with Gasteiger partial charge in [-0.2, -0.15) is 0 Å². The van der Waals surface area contributed by atoms with Gasteiger partial charge in [0, 0.05) is 12.3 Å². The van der Waals surface area contributed by atoms with Crippen molar-refractivity contribution in [1.82, 2.24) is 4.98 Å². The van der Waals surface area contributed by atoms with Gasteiger partial charge in [0.15, 0.2) is 0 Å². The van der Waals surface area contributed by atoms with E-state index in [1.54, 1.807) is 12.1 Å². The van der Waals surface area contributed by atoms with E-state index in [1.807, 2.05) is 15.7 Å². The van der Waals surface area contributed by atoms with Crippen LogP contribution in [0.4, 0.5) is 0 Å². The molecule has 0 atom stereocenters. The van der Waals surface area contributed by atoms with Crippen LogP contribution in [0.3, 0.4) is 0 Å². The minimum absolute atomic E-state index is 0.198. The van der Waals surface area contributed by atoms with Crippen LogP contribution < -0.4 is 37.8 Å². The van der Waals surface area contributed by atoms with Crippen molar-refractivity contribution < 1.29 is 9.53 Å². The van der Waals surface area contributed by atoms with E-state index in [9.17, 15) is 4.79 Å². The van der Waals surface area contributed by atoms with Crippen LogP contribution in [0.5, 0.6) is 11.5 Å². The van der Waals surface area contributed by atoms with Gasteiger partial charge in [0.1, 0.15) is 56.4 Å². The third-order valence-corrected chi connectivity index (χ3v) is 4.13. The maximum atomic E-state index is 11.2. The lowest BCUT2D eigenvalue weighted by Crippen LogP contribution is -2.54. The molecule has 0 saturated heterocycles. The smallest absolute Gasteiger partial charge is 0.267 e. The lowest BCUT2D eigenvalue weighted by molar-refractivity contribution is 0.0995. The number of carbonyl (C=O) groups excluding carboxylic acids is 1. The summed E-state index contributed by atoms with van der Waals surface area (Å²) in [5.41, 5.74) is 11.4. The lowest BCUT2D eigenvalue weighted by atomic mass is 9.62. The molecule has 0 spiro atoms. The molecule has 1 aromatic heterocycles. The molecule has 0 aliphatic heterocycles. The largest absolute Gasteiger partial charge is 0.458 e. The molecule has 0 aliphatic rings. The van der Waals surface area contributed by atoms with Gasteiger partial charge in [-0.25, -0.2) is 0 Å². The minimum atomic E-state index is -0.565. The van der Waals surface area contributed by atoms with Gasteiger partial charge < -0.3 is 10.5 Å². The number of carbonyl (C=O) groups is 1. The third-order valence-electron chi connectivity index (χ3n) is 4.13. The van der Waals surface area contributed by atoms with Gasteiger partial charge in [0.2, 0.25) is 0 Å². The number of rotatable bonds is 3. The summed E-state index contributed by atoms with van der Waals surface area (Å²) in [4.78, 5) is 15.1. The summed E-state index contributed by atoms with van der Waals surface area (Å²) in [5.74, 6) is 0.829. The zero-order valence-corrected chi connectivity index (χ0v) is 13.1. The molecule has 2 aromatic rings. The molecule has 0 radical (unpaired) electrons. The fourth-order valence-corrected chi connectivity index (χ4v) is 2.35. The summed E-state index contributed by atoms with van der Waals surface area (Å²) >= 11 is 0. The summed E-state index contributed by atoms with van der Waals surface area (Å²) in [6, 6.07) is 3.28. The highest BCUT2D eigenvalue weighted by Crippen LogP contribution is 2.16. The molecule has 9 heteroatoms. The van der Waals surface area contributed by atoms with E-state index in [0.717, 1.165) is 16.7 Å². The second-order valence-corrected chi connectivity index (χ2v) is 5.30. The number of amides is 1. The van der Waals surface area contributed by atoms with E-state index in [2.05, 4.69) is 28.5 Å². The average molecular weight is 273 g/mol. The molecule has 1 heterocycles. The molecule has 21 heavy (non-hydrogen) atoms. The molecule has 2 rings (SSSR count). The molecular weight excluding hydrogens is 258 g/mol. The van der Waals surface area contributed by atoms with Crippen molar-refractivity contribution in [2.45, 2.75) is 0 Å². The molecule has 1 amide bonds. The van der Waals surface area contributed by atoms with Crippen molar-refractivity contribution in [3.8, 4) is 11.5 Å². The van der Waals surface area contributed by atoms with E-state index in [-0.39, 0.29) is 5.69 Å². The Kier molecular flexibility index (Phi) is 4.21. The SMILES string of the molecule is Bc1c(B)c(B)c(Oc2ccnc(C(N)=O)c2)c(B)c1B. The number of hydrogen-bond donors (Lipinski definition) is 1. The predicted octanol–water partition coefficient (Wildman–Crippen LogP) is -6.74. The molecule has 100 valence electrons. The van der Waals surface area contributed by atoms with E-state index in [0.29, 0.717) is 5.75 Å². The first kappa shape index (κ1) is 15.4. The van der Waals surface area contributed by atoms with Gasteiger partial charge in [-0.3, -0.25) is 9.78 Å². The van der Waals surface area contributed by atoms with Crippen molar-refractivity contribution in [3.63, 3.8) is 0 Å². The van der Waals surface area contributed by atoms with Crippen LogP contribution >= 0.6 is 0 Å². The molecule has 0 fully saturated rings. The van der Waals surface area contributed by atoms with Gasteiger partial charge in [-0.05, 0) is 6.07 Å². The molecule has 0 aliphatic carbocycles. The Balaban J connectivity index is 2.50. The topological polar surface area (TPSA) is 65.2 Å². The van der Waals surface area contributed by atoms with Crippen molar-refractivity contribution in [2.24, 2.45) is 5.73 Å². The van der Waals surface area contributed by atoms with Crippen molar-refractivity contribution in [1.29, 1.82) is 0 Å². The van der Waals surface area contributed by atoms with Crippen molar-refractivity contribution in [3.05, 3.63) is 24.0 Å². The normalized spacial score (nSPS) is 10.3. The van der Waals surface area contributed by atoms with E-state index in [4.69, 9.17) is 10.5 Å². The number of aromatic nitrogens is 1. The van der Waals surface area contributed by atoms with Crippen LogP contribution in [0.15, 0.2) is 18.3 Å². The lowest BCUT2D eigenvalue weighted by Gasteiger charge is -2.20. The van der Waals surface area contributed by atoms with Gasteiger partial charge in [-0.15, -0.1) is 5.46 Å². The zero-order chi connectivity index (χ0) is 15.7. The fraction of sp³-hybridized carbons (Fsp3) is 0. The molecule has 0 unspecified atom stereocenters. The van der Waals surface area contributed by atoms with Gasteiger partial charge in [0.25, 0.3) is 5.91 Å². The fourth-order valence-electron chi connectivity index (χ4n) is 2.35. The first-order valence-electron chi connectivity index (χ1n) is 6.83. The van der Waals surface area contributed by atoms with Crippen LogP contribution in [0.2, 0.25) is 0 Å². The highest BCUT2D eigenvalue weighted by molar-refractivity contribution is 6.67. The Morgan fingerprint density at radius 2 is 1.52 bits per heavy atom. The molecule has 1 aromatic carbocycles. The maximum absolute atomic E-state index is 11.2. The first-order chi connectivity index (χ1) is 9.82. The first-order valence-corrected chi connectivity index (χ1v) is 6.83. The van der Waals surface area contributed by atoms with Crippen molar-refractivity contribution in [2.75, 3.05) is 0 Å². The molecular formula is C12H15B5N2O2. The summed E-state index contributed by atoms with van der Waals surface area (Å²) < 4.78 is 6.00. The number of nitrogens with zero attached hydrogens (tertiary/aromatic N) is 1. The monoisotopic (exact) mass is 274 g/mol. The summed E-state index contributed by atoms with van der Waals surface area (Å²) in [7, 11) is 10.4. The quantitative estimate of drug-likeness (QED) is 0.566. The Labute approximate surface area is 128 Å². The van der Waals surface area contributed by atoms with E-state index >= 15 is 0 Å². The number of hydrogen-bond acceptors (Lipinski definition) is 3. The Morgan fingerprint density at radius 1 is 1.00 bits per heavy atom. The van der Waals surface area contributed by atoms with Crippen LogP contribution in [0.25, 0.3) is 0 Å². The minimum Gasteiger partial charge on any atom is -0.458 e. The van der Waals surface area contributed by atoms with Gasteiger partial charge in [0.05, 0.1) is 0 Å². The molecule has 4 nitrogen and oxygen atoms in total. The van der Waals surface area contributed by atoms with Crippen molar-refractivity contribution >= 4 is 72.5 Å². The summed E-state index contributed by atoms with van der Waals surface area (Å²) in [5, 5.41) is 0. The summed E-state index contributed by atoms with van der Waals surface area (Å²) in [6.45, 7) is 0. The van der Waals surface area contributed by atoms with Crippen LogP contribution in [-0.2, 0) is 0 Å². The third kappa shape index (κ3) is 2.87. The molecule has 0 bridgehead atoms. The second kappa shape index (κ2) is 5.76. The maximum Gasteiger partial charge on any atom is 0.267 e. The number of benzene rings is 1. The highest BCUT2D eigenvalue weighted by Gasteiger charge is 2.13. The van der Waals surface area contributed by atoms with E-state index in [1.165, 1.54) is 22.6 Å². The summed E-state index contributed by atoms with van der Waals surface area (Å²) in [6.07, 6.45) is 1.52. The standard InChI is InChI=1S/C12H15B5N2O2/c13-6-7(14)9(16)11(10(17)8(6)15)21-4-1-2-19-5(3-4)12(18)20/h1-3H,13-17H2,(H2,18,20). The van der Waals surface area contributed by atoms with Crippen LogP contribution in [-0.4, -0.2) is 50.1 Å². The number of pyridine rings is 1. The average Bonchev–Trinajstić information content (AvgIpc) is 2.48. The van der Waals surface area contributed by atoms with Gasteiger partial charge >= 0.3 is 0 Å². The van der Waals surface area contributed by atoms with Crippen LogP contribution in [0, 0.1) is 0 Å². The number of ether oxygens (including phenoxy) is 1. The van der Waals surface area contributed by atoms with E-state index < -0.39 is 5.91 Å². The Morgan fingerprint density at radius 3 is 2.05 bits per heavy atom. The number of primary amides is 1. The molecule has 0 saturated carbocycles. The Bertz CT molecular complexity index is 707. The van der Waals surface area contributed by atoms with Crippen LogP contribution in [0.1, 0.15) is 10.5 Å². The highest BCUT2D eigenvalue weighted by atomic mass is 16.5. The molecule has 2 N–H and O–H groups in total. The second-order valence-electron chi connectivity index (χ2n) is 5.30. The zero-order valence-electron chi connectivity index (χ0n) is 13.1. The van der Waals surface area contributed by atoms with Gasteiger partial charge in [-0.1, -0.05) is 21.9 Å². The number of nitrogens with two attached hydrogens (primary N) is 1. The Hall–Kier alpha value is -2.04.